The highest BCUT2D eigenvalue weighted by molar-refractivity contribution is 14.1. The summed E-state index contributed by atoms with van der Waals surface area (Å²) in [7, 11) is 0. The first kappa shape index (κ1) is 13.2. The summed E-state index contributed by atoms with van der Waals surface area (Å²) in [6.07, 6.45) is 3.30. The molecule has 2 aromatic rings. The molecule has 1 heterocycles. The Morgan fingerprint density at radius 1 is 1.26 bits per heavy atom. The third-order valence-corrected chi connectivity index (χ3v) is 5.33. The Kier molecular flexibility index (Phi) is 3.65. The fraction of sp³-hybridized carbons (Fsp3) is 0.438. The number of hydrogen-bond donors (Lipinski definition) is 0. The summed E-state index contributed by atoms with van der Waals surface area (Å²) in [6, 6.07) is 8.80. The Morgan fingerprint density at radius 2 is 2.05 bits per heavy atom. The van der Waals surface area contributed by atoms with Crippen molar-refractivity contribution in [2.75, 3.05) is 0 Å². The molecular weight excluding hydrogens is 347 g/mol. The standard InChI is InChI=1S/C16H19IN2/c1-3-14-16(17)15(4-2)19(18-14)10-12-9-11-7-5-6-8-13(11)12/h5-8,12H,3-4,9-10H2,1-2H3. The van der Waals surface area contributed by atoms with Crippen molar-refractivity contribution in [3.63, 3.8) is 0 Å². The van der Waals surface area contributed by atoms with Crippen molar-refractivity contribution in [3.05, 3.63) is 50.4 Å². The largest absolute Gasteiger partial charge is 0.268 e. The highest BCUT2D eigenvalue weighted by Crippen LogP contribution is 2.36. The van der Waals surface area contributed by atoms with Crippen LogP contribution >= 0.6 is 22.6 Å². The van der Waals surface area contributed by atoms with E-state index in [9.17, 15) is 0 Å². The minimum Gasteiger partial charge on any atom is -0.268 e. The molecule has 0 N–H and O–H groups in total. The first-order valence-electron chi connectivity index (χ1n) is 7.06. The molecule has 1 unspecified atom stereocenters. The van der Waals surface area contributed by atoms with Gasteiger partial charge in [0.05, 0.1) is 15.0 Å². The van der Waals surface area contributed by atoms with E-state index in [1.54, 1.807) is 0 Å². The molecule has 19 heavy (non-hydrogen) atoms. The van der Waals surface area contributed by atoms with Gasteiger partial charge in [-0.1, -0.05) is 38.1 Å². The Labute approximate surface area is 128 Å². The maximum absolute atomic E-state index is 4.80. The molecule has 1 aliphatic rings. The fourth-order valence-electron chi connectivity index (χ4n) is 2.98. The zero-order valence-corrected chi connectivity index (χ0v) is 13.6. The average molecular weight is 366 g/mol. The van der Waals surface area contributed by atoms with Crippen LogP contribution in [0.25, 0.3) is 0 Å². The third kappa shape index (κ3) is 2.22. The van der Waals surface area contributed by atoms with Crippen molar-refractivity contribution >= 4 is 22.6 Å². The normalized spacial score (nSPS) is 17.1. The van der Waals surface area contributed by atoms with Crippen molar-refractivity contribution < 1.29 is 0 Å². The van der Waals surface area contributed by atoms with Gasteiger partial charge in [-0.15, -0.1) is 0 Å². The van der Waals surface area contributed by atoms with Gasteiger partial charge in [0, 0.05) is 12.5 Å². The van der Waals surface area contributed by atoms with Gasteiger partial charge in [0.25, 0.3) is 0 Å². The molecule has 0 aliphatic heterocycles. The van der Waals surface area contributed by atoms with Crippen LogP contribution in [0.2, 0.25) is 0 Å². The van der Waals surface area contributed by atoms with Crippen molar-refractivity contribution in [2.24, 2.45) is 0 Å². The van der Waals surface area contributed by atoms with Crippen LogP contribution in [0.1, 0.15) is 42.3 Å². The maximum Gasteiger partial charge on any atom is 0.0758 e. The molecule has 0 bridgehead atoms. The number of aryl methyl sites for hydroxylation is 1. The summed E-state index contributed by atoms with van der Waals surface area (Å²) < 4.78 is 3.62. The van der Waals surface area contributed by atoms with Crippen LogP contribution in [0.4, 0.5) is 0 Å². The summed E-state index contributed by atoms with van der Waals surface area (Å²) in [6.45, 7) is 5.45. The lowest BCUT2D eigenvalue weighted by Gasteiger charge is -2.30. The van der Waals surface area contributed by atoms with Crippen molar-refractivity contribution in [1.29, 1.82) is 0 Å². The van der Waals surface area contributed by atoms with Crippen LogP contribution in [0.5, 0.6) is 0 Å². The van der Waals surface area contributed by atoms with Crippen LogP contribution < -0.4 is 0 Å². The van der Waals surface area contributed by atoms with Gasteiger partial charge in [-0.25, -0.2) is 0 Å². The summed E-state index contributed by atoms with van der Waals surface area (Å²) in [4.78, 5) is 0. The smallest absolute Gasteiger partial charge is 0.0758 e. The number of rotatable bonds is 4. The van der Waals surface area contributed by atoms with E-state index < -0.39 is 0 Å². The fourth-order valence-corrected chi connectivity index (χ4v) is 4.13. The molecule has 100 valence electrons. The molecule has 1 atom stereocenters. The van der Waals surface area contributed by atoms with Gasteiger partial charge in [-0.2, -0.15) is 5.10 Å². The predicted molar refractivity (Wildman–Crippen MR) is 86.6 cm³/mol. The van der Waals surface area contributed by atoms with Crippen molar-refractivity contribution in [2.45, 2.75) is 45.6 Å². The van der Waals surface area contributed by atoms with E-state index in [0.29, 0.717) is 5.92 Å². The molecule has 2 nitrogen and oxygen atoms in total. The number of hydrogen-bond acceptors (Lipinski definition) is 1. The molecule has 0 saturated heterocycles. The first-order chi connectivity index (χ1) is 9.24. The van der Waals surface area contributed by atoms with Crippen LogP contribution in [0, 0.1) is 3.57 Å². The van der Waals surface area contributed by atoms with Gasteiger partial charge in [0.15, 0.2) is 0 Å². The van der Waals surface area contributed by atoms with Gasteiger partial charge >= 0.3 is 0 Å². The monoisotopic (exact) mass is 366 g/mol. The average Bonchev–Trinajstić information content (AvgIpc) is 2.71. The zero-order chi connectivity index (χ0) is 13.4. The number of aromatic nitrogens is 2. The number of nitrogens with zero attached hydrogens (tertiary/aromatic N) is 2. The second-order valence-corrected chi connectivity index (χ2v) is 6.28. The molecule has 3 heteroatoms. The molecule has 0 fully saturated rings. The summed E-state index contributed by atoms with van der Waals surface area (Å²) in [5.74, 6) is 0.655. The number of benzene rings is 1. The zero-order valence-electron chi connectivity index (χ0n) is 11.5. The van der Waals surface area contributed by atoms with E-state index in [1.165, 1.54) is 32.5 Å². The molecule has 0 amide bonds. The van der Waals surface area contributed by atoms with Crippen molar-refractivity contribution in [1.82, 2.24) is 9.78 Å². The molecule has 0 spiro atoms. The molecular formula is C16H19IN2. The van der Waals surface area contributed by atoms with Crippen LogP contribution in [-0.4, -0.2) is 9.78 Å². The van der Waals surface area contributed by atoms with E-state index in [1.807, 2.05) is 0 Å². The number of halogens is 1. The Hall–Kier alpha value is -0.840. The third-order valence-electron chi connectivity index (χ3n) is 4.08. The quantitative estimate of drug-likeness (QED) is 0.750. The molecule has 1 aliphatic carbocycles. The van der Waals surface area contributed by atoms with Crippen LogP contribution in [0.3, 0.4) is 0 Å². The Morgan fingerprint density at radius 3 is 2.74 bits per heavy atom. The lowest BCUT2D eigenvalue weighted by molar-refractivity contribution is 0.461. The van der Waals surface area contributed by atoms with E-state index in [-0.39, 0.29) is 0 Å². The highest BCUT2D eigenvalue weighted by atomic mass is 127. The maximum atomic E-state index is 4.80. The topological polar surface area (TPSA) is 17.8 Å². The molecule has 1 aromatic heterocycles. The van der Waals surface area contributed by atoms with Gasteiger partial charge in [0.2, 0.25) is 0 Å². The van der Waals surface area contributed by atoms with Crippen molar-refractivity contribution in [3.8, 4) is 0 Å². The van der Waals surface area contributed by atoms with Gasteiger partial charge in [-0.3, -0.25) is 4.68 Å². The van der Waals surface area contributed by atoms with Crippen LogP contribution in [0.15, 0.2) is 24.3 Å². The van der Waals surface area contributed by atoms with E-state index >= 15 is 0 Å². The van der Waals surface area contributed by atoms with E-state index in [0.717, 1.165) is 19.4 Å². The SMILES string of the molecule is CCc1nn(CC2Cc3ccccc32)c(CC)c1I. The summed E-state index contributed by atoms with van der Waals surface area (Å²) in [5.41, 5.74) is 5.70. The van der Waals surface area contributed by atoms with Gasteiger partial charge in [0.1, 0.15) is 0 Å². The molecule has 1 aromatic carbocycles. The van der Waals surface area contributed by atoms with Gasteiger partial charge in [-0.05, 0) is 53.0 Å². The molecule has 3 rings (SSSR count). The summed E-state index contributed by atoms with van der Waals surface area (Å²) >= 11 is 2.46. The Balaban J connectivity index is 1.85. The summed E-state index contributed by atoms with van der Waals surface area (Å²) in [5, 5.41) is 4.80. The molecule has 0 saturated carbocycles. The number of fused-ring (bicyclic) bond motifs is 1. The minimum absolute atomic E-state index is 0.655. The van der Waals surface area contributed by atoms with E-state index in [2.05, 4.69) is 65.4 Å². The second-order valence-electron chi connectivity index (χ2n) is 5.20. The van der Waals surface area contributed by atoms with Crippen LogP contribution in [-0.2, 0) is 25.8 Å². The highest BCUT2D eigenvalue weighted by Gasteiger charge is 2.27. The lowest BCUT2D eigenvalue weighted by atomic mass is 9.77. The minimum atomic E-state index is 0.655. The Bertz CT molecular complexity index is 601. The predicted octanol–water partition coefficient (Wildman–Crippen LogP) is 3.95. The molecule has 0 radical (unpaired) electrons. The second kappa shape index (κ2) is 5.27. The van der Waals surface area contributed by atoms with E-state index in [4.69, 9.17) is 5.10 Å². The lowest BCUT2D eigenvalue weighted by Crippen LogP contribution is -2.23. The van der Waals surface area contributed by atoms with Gasteiger partial charge < -0.3 is 0 Å². The first-order valence-corrected chi connectivity index (χ1v) is 8.14.